The predicted molar refractivity (Wildman–Crippen MR) is 109 cm³/mol. The Labute approximate surface area is 159 Å². The molecule has 0 radical (unpaired) electrons. The molecule has 1 atom stereocenters. The molecule has 2 N–H and O–H groups in total. The van der Waals surface area contributed by atoms with Gasteiger partial charge in [0.25, 0.3) is 0 Å². The molecule has 0 aliphatic carbocycles. The Morgan fingerprint density at radius 1 is 1.15 bits per heavy atom. The number of hydrogen-bond donors (Lipinski definition) is 2. The van der Waals surface area contributed by atoms with Crippen LogP contribution in [-0.2, 0) is 7.05 Å². The summed E-state index contributed by atoms with van der Waals surface area (Å²) in [6, 6.07) is 8.23. The lowest BCUT2D eigenvalue weighted by Gasteiger charge is -2.30. The number of likely N-dealkylation sites (tertiary alicyclic amines) is 1. The Bertz CT molecular complexity index is 971. The zero-order valence-electron chi connectivity index (χ0n) is 16.5. The number of hydrogen-bond acceptors (Lipinski definition) is 5. The third-order valence-corrected chi connectivity index (χ3v) is 5.42. The maximum atomic E-state index is 10.4. The first-order chi connectivity index (χ1) is 12.9. The lowest BCUT2D eigenvalue weighted by atomic mass is 10.0. The van der Waals surface area contributed by atoms with Crippen LogP contribution in [0, 0.1) is 13.8 Å². The molecule has 3 heterocycles. The number of piperidine rings is 1. The SMILES string of the molecule is Cc1cc(C)c(-c2ccc3c(n2)nc(N[C@@H]2CCCN(C)C2)n3C)c(O)c1. The number of pyridine rings is 1. The molecular weight excluding hydrogens is 338 g/mol. The van der Waals surface area contributed by atoms with Gasteiger partial charge in [0.2, 0.25) is 5.95 Å². The van der Waals surface area contributed by atoms with Gasteiger partial charge in [0.05, 0.1) is 11.2 Å². The summed E-state index contributed by atoms with van der Waals surface area (Å²) in [5.41, 5.74) is 5.25. The molecule has 27 heavy (non-hydrogen) atoms. The van der Waals surface area contributed by atoms with E-state index < -0.39 is 0 Å². The van der Waals surface area contributed by atoms with Crippen molar-refractivity contribution in [3.8, 4) is 17.0 Å². The van der Waals surface area contributed by atoms with Crippen molar-refractivity contribution in [2.24, 2.45) is 7.05 Å². The van der Waals surface area contributed by atoms with Crippen LogP contribution in [0.2, 0.25) is 0 Å². The van der Waals surface area contributed by atoms with E-state index in [4.69, 9.17) is 9.97 Å². The first kappa shape index (κ1) is 17.8. The molecule has 4 rings (SSSR count). The third kappa shape index (κ3) is 3.37. The van der Waals surface area contributed by atoms with Crippen LogP contribution in [-0.4, -0.2) is 50.7 Å². The van der Waals surface area contributed by atoms with Gasteiger partial charge in [0.15, 0.2) is 5.65 Å². The maximum absolute atomic E-state index is 10.4. The second-order valence-electron chi connectivity index (χ2n) is 7.76. The fraction of sp³-hybridized carbons (Fsp3) is 0.429. The molecule has 142 valence electrons. The summed E-state index contributed by atoms with van der Waals surface area (Å²) in [6.45, 7) is 6.16. The molecule has 1 aromatic carbocycles. The number of aryl methyl sites for hydroxylation is 3. The fourth-order valence-electron chi connectivity index (χ4n) is 4.09. The molecule has 0 saturated carbocycles. The molecule has 1 saturated heterocycles. The van der Waals surface area contributed by atoms with Crippen LogP contribution in [0.4, 0.5) is 5.95 Å². The Kier molecular flexibility index (Phi) is 4.52. The number of anilines is 1. The van der Waals surface area contributed by atoms with Crippen LogP contribution in [0.1, 0.15) is 24.0 Å². The summed E-state index contributed by atoms with van der Waals surface area (Å²) in [7, 11) is 4.17. The van der Waals surface area contributed by atoms with Crippen molar-refractivity contribution < 1.29 is 5.11 Å². The zero-order valence-corrected chi connectivity index (χ0v) is 16.5. The Hall–Kier alpha value is -2.60. The van der Waals surface area contributed by atoms with Crippen molar-refractivity contribution in [1.29, 1.82) is 0 Å². The summed E-state index contributed by atoms with van der Waals surface area (Å²) >= 11 is 0. The van der Waals surface area contributed by atoms with Gasteiger partial charge in [-0.25, -0.2) is 4.98 Å². The minimum absolute atomic E-state index is 0.263. The van der Waals surface area contributed by atoms with Gasteiger partial charge in [-0.15, -0.1) is 0 Å². The summed E-state index contributed by atoms with van der Waals surface area (Å²) in [6.07, 6.45) is 2.36. The molecule has 0 amide bonds. The monoisotopic (exact) mass is 365 g/mol. The van der Waals surface area contributed by atoms with E-state index in [2.05, 4.69) is 27.9 Å². The van der Waals surface area contributed by atoms with E-state index in [0.29, 0.717) is 11.7 Å². The fourth-order valence-corrected chi connectivity index (χ4v) is 4.09. The molecule has 0 unspecified atom stereocenters. The van der Waals surface area contributed by atoms with E-state index in [0.717, 1.165) is 53.4 Å². The topological polar surface area (TPSA) is 66.2 Å². The largest absolute Gasteiger partial charge is 0.507 e. The highest BCUT2D eigenvalue weighted by Gasteiger charge is 2.20. The summed E-state index contributed by atoms with van der Waals surface area (Å²) < 4.78 is 2.06. The Morgan fingerprint density at radius 3 is 2.70 bits per heavy atom. The lowest BCUT2D eigenvalue weighted by Crippen LogP contribution is -2.40. The second kappa shape index (κ2) is 6.85. The van der Waals surface area contributed by atoms with Crippen LogP contribution in [0.3, 0.4) is 0 Å². The second-order valence-corrected chi connectivity index (χ2v) is 7.76. The first-order valence-corrected chi connectivity index (χ1v) is 9.51. The number of benzene rings is 1. The molecular formula is C21H27N5O. The van der Waals surface area contributed by atoms with Crippen LogP contribution in [0.5, 0.6) is 5.75 Å². The van der Waals surface area contributed by atoms with Gasteiger partial charge < -0.3 is 19.9 Å². The number of likely N-dealkylation sites (N-methyl/N-ethyl adjacent to an activating group) is 1. The third-order valence-electron chi connectivity index (χ3n) is 5.42. The van der Waals surface area contributed by atoms with Crippen molar-refractivity contribution >= 4 is 17.1 Å². The quantitative estimate of drug-likeness (QED) is 0.744. The van der Waals surface area contributed by atoms with E-state index in [1.54, 1.807) is 6.07 Å². The van der Waals surface area contributed by atoms with Crippen molar-refractivity contribution in [2.45, 2.75) is 32.7 Å². The minimum Gasteiger partial charge on any atom is -0.507 e. The molecule has 0 spiro atoms. The van der Waals surface area contributed by atoms with Crippen LogP contribution >= 0.6 is 0 Å². The number of phenols is 1. The van der Waals surface area contributed by atoms with E-state index >= 15 is 0 Å². The molecule has 6 heteroatoms. The smallest absolute Gasteiger partial charge is 0.205 e. The van der Waals surface area contributed by atoms with Gasteiger partial charge in [-0.3, -0.25) is 0 Å². The number of phenolic OH excluding ortho intramolecular Hbond substituents is 1. The maximum Gasteiger partial charge on any atom is 0.205 e. The number of nitrogens with zero attached hydrogens (tertiary/aromatic N) is 4. The Balaban J connectivity index is 1.69. The molecule has 2 aromatic heterocycles. The molecule has 3 aromatic rings. The van der Waals surface area contributed by atoms with E-state index in [9.17, 15) is 5.11 Å². The van der Waals surface area contributed by atoms with E-state index in [-0.39, 0.29) is 5.75 Å². The number of nitrogens with one attached hydrogen (secondary N) is 1. The van der Waals surface area contributed by atoms with Gasteiger partial charge in [-0.2, -0.15) is 4.98 Å². The predicted octanol–water partition coefficient (Wildman–Crippen LogP) is 3.46. The van der Waals surface area contributed by atoms with Crippen molar-refractivity contribution in [2.75, 3.05) is 25.5 Å². The number of aromatic hydroxyl groups is 1. The standard InChI is InChI=1S/C21H27N5O/c1-13-10-14(2)19(18(27)11-13)16-7-8-17-20(23-16)24-21(26(17)4)22-15-6-5-9-25(3)12-15/h7-8,10-11,15,27H,5-6,9,12H2,1-4H3,(H,22,23,24)/t15-/m1/s1. The highest BCUT2D eigenvalue weighted by molar-refractivity contribution is 5.80. The number of imidazole rings is 1. The lowest BCUT2D eigenvalue weighted by molar-refractivity contribution is 0.260. The highest BCUT2D eigenvalue weighted by atomic mass is 16.3. The zero-order chi connectivity index (χ0) is 19.1. The van der Waals surface area contributed by atoms with Gasteiger partial charge in [-0.05, 0) is 69.6 Å². The average Bonchev–Trinajstić information content (AvgIpc) is 2.89. The van der Waals surface area contributed by atoms with Crippen molar-refractivity contribution in [3.05, 3.63) is 35.4 Å². The number of fused-ring (bicyclic) bond motifs is 1. The van der Waals surface area contributed by atoms with Gasteiger partial charge in [-0.1, -0.05) is 6.07 Å². The summed E-state index contributed by atoms with van der Waals surface area (Å²) in [5.74, 6) is 1.11. The minimum atomic E-state index is 0.263. The van der Waals surface area contributed by atoms with Crippen LogP contribution < -0.4 is 5.32 Å². The molecule has 6 nitrogen and oxygen atoms in total. The highest BCUT2D eigenvalue weighted by Crippen LogP contribution is 2.33. The molecule has 1 aliphatic heterocycles. The summed E-state index contributed by atoms with van der Waals surface area (Å²) in [4.78, 5) is 11.8. The van der Waals surface area contributed by atoms with Gasteiger partial charge >= 0.3 is 0 Å². The Morgan fingerprint density at radius 2 is 1.96 bits per heavy atom. The van der Waals surface area contributed by atoms with Crippen molar-refractivity contribution in [1.82, 2.24) is 19.4 Å². The number of aromatic nitrogens is 3. The molecule has 0 bridgehead atoms. The van der Waals surface area contributed by atoms with Crippen LogP contribution in [0.15, 0.2) is 24.3 Å². The van der Waals surface area contributed by atoms with Gasteiger partial charge in [0.1, 0.15) is 5.75 Å². The summed E-state index contributed by atoms with van der Waals surface area (Å²) in [5, 5.41) is 14.0. The van der Waals surface area contributed by atoms with Gasteiger partial charge in [0, 0.05) is 25.2 Å². The normalized spacial score (nSPS) is 18.1. The molecule has 1 fully saturated rings. The van der Waals surface area contributed by atoms with E-state index in [1.807, 2.05) is 33.0 Å². The van der Waals surface area contributed by atoms with Crippen molar-refractivity contribution in [3.63, 3.8) is 0 Å². The molecule has 1 aliphatic rings. The first-order valence-electron chi connectivity index (χ1n) is 9.51. The average molecular weight is 365 g/mol. The van der Waals surface area contributed by atoms with E-state index in [1.165, 1.54) is 6.42 Å². The van der Waals surface area contributed by atoms with Crippen LogP contribution in [0.25, 0.3) is 22.4 Å². The number of rotatable bonds is 3.